The number of hydrogen-bond donors (Lipinski definition) is 6. The van der Waals surface area contributed by atoms with Gasteiger partial charge in [-0.15, -0.1) is 0 Å². The molecule has 0 aromatic heterocycles. The number of methoxy groups -OCH3 is 1. The first kappa shape index (κ1) is 32.6. The van der Waals surface area contributed by atoms with Crippen LogP contribution in [0.1, 0.15) is 27.7 Å². The second kappa shape index (κ2) is 28.0. The van der Waals surface area contributed by atoms with Crippen molar-refractivity contribution in [1.29, 1.82) is 0 Å². The van der Waals surface area contributed by atoms with Gasteiger partial charge in [0, 0.05) is 41.3 Å². The predicted molar refractivity (Wildman–Crippen MR) is 83.3 cm³/mol. The molecule has 2 amide bonds. The summed E-state index contributed by atoms with van der Waals surface area (Å²) in [5.74, 6) is -2.33. The van der Waals surface area contributed by atoms with Crippen LogP contribution in [0.5, 0.6) is 0 Å². The van der Waals surface area contributed by atoms with Crippen molar-refractivity contribution in [1.82, 2.24) is 0 Å². The molecule has 0 aromatic carbocycles. The van der Waals surface area contributed by atoms with E-state index in [1.165, 1.54) is 21.0 Å². The number of carbonyl (C=O) groups excluding carboxylic acids is 2. The number of carboxylic acids is 2. The van der Waals surface area contributed by atoms with Gasteiger partial charge < -0.3 is 37.3 Å². The molecule has 0 aromatic rings. The van der Waals surface area contributed by atoms with Crippen LogP contribution in [0.25, 0.3) is 0 Å². The lowest BCUT2D eigenvalue weighted by atomic mass is 10.4. The molecule has 0 radical (unpaired) electrons. The summed E-state index contributed by atoms with van der Waals surface area (Å²) in [6.07, 6.45) is -0.495. The van der Waals surface area contributed by atoms with Gasteiger partial charge in [-0.3, -0.25) is 19.2 Å². The topological polar surface area (TPSA) is 216 Å². The van der Waals surface area contributed by atoms with Crippen LogP contribution < -0.4 is 17.2 Å². The molecule has 0 rings (SSSR count). The molecule has 0 aliphatic carbocycles. The lowest BCUT2D eigenvalue weighted by molar-refractivity contribution is -0.135. The van der Waals surface area contributed by atoms with Gasteiger partial charge in [-0.05, 0) is 0 Å². The summed E-state index contributed by atoms with van der Waals surface area (Å²) in [5, 5.41) is 23.4. The van der Waals surface area contributed by atoms with Crippen molar-refractivity contribution in [2.24, 2.45) is 17.2 Å². The Morgan fingerprint density at radius 1 is 0.913 bits per heavy atom. The van der Waals surface area contributed by atoms with Crippen LogP contribution >= 0.6 is 0 Å². The van der Waals surface area contributed by atoms with E-state index in [0.29, 0.717) is 6.61 Å². The molecule has 11 heteroatoms. The van der Waals surface area contributed by atoms with E-state index in [0.717, 1.165) is 13.8 Å². The Hall–Kier alpha value is -2.24. The summed E-state index contributed by atoms with van der Waals surface area (Å²) in [4.78, 5) is 36.4. The second-order valence-electron chi connectivity index (χ2n) is 3.60. The monoisotopic (exact) mass is 343 g/mol. The van der Waals surface area contributed by atoms with Crippen molar-refractivity contribution in [3.63, 3.8) is 0 Å². The fourth-order valence-corrected chi connectivity index (χ4v) is 0.260. The van der Waals surface area contributed by atoms with E-state index >= 15 is 0 Å². The summed E-state index contributed by atoms with van der Waals surface area (Å²) >= 11 is 0. The quantitative estimate of drug-likeness (QED) is 0.337. The van der Waals surface area contributed by atoms with Crippen molar-refractivity contribution in [3.05, 3.63) is 0 Å². The van der Waals surface area contributed by atoms with Gasteiger partial charge in [-0.1, -0.05) is 0 Å². The van der Waals surface area contributed by atoms with Crippen LogP contribution in [0.2, 0.25) is 0 Å². The lowest BCUT2D eigenvalue weighted by Crippen LogP contribution is -2.24. The first-order chi connectivity index (χ1) is 10.2. The maximum Gasteiger partial charge on any atom is 0.300 e. The first-order valence-electron chi connectivity index (χ1n) is 6.02. The Morgan fingerprint density at radius 3 is 1.13 bits per heavy atom. The summed E-state index contributed by atoms with van der Waals surface area (Å²) in [7, 11) is 1.53. The average molecular weight is 343 g/mol. The first-order valence-corrected chi connectivity index (χ1v) is 6.02. The van der Waals surface area contributed by atoms with Crippen molar-refractivity contribution < 1.29 is 39.2 Å². The summed E-state index contributed by atoms with van der Waals surface area (Å²) in [6, 6.07) is 0. The van der Waals surface area contributed by atoms with Gasteiger partial charge in [0.2, 0.25) is 11.8 Å². The number of primary amides is 2. The van der Waals surface area contributed by atoms with Gasteiger partial charge in [-0.2, -0.15) is 0 Å². The molecule has 9 N–H and O–H groups in total. The molecule has 1 atom stereocenters. The van der Waals surface area contributed by atoms with Gasteiger partial charge in [0.25, 0.3) is 11.9 Å². The fourth-order valence-electron chi connectivity index (χ4n) is 0.260. The van der Waals surface area contributed by atoms with Crippen molar-refractivity contribution >= 4 is 23.8 Å². The maximum atomic E-state index is 9.22. The Labute approximate surface area is 135 Å². The molecule has 0 bridgehead atoms. The SMILES string of the molecule is CC(=O)O.CC(=O)O.CC(N)=O.CC(N)=O.COCC(O)CN. The highest BCUT2D eigenvalue weighted by molar-refractivity contribution is 5.70. The normalized spacial score (nSPS) is 8.65. The molecule has 0 heterocycles. The number of aliphatic hydroxyl groups is 1. The highest BCUT2D eigenvalue weighted by Crippen LogP contribution is 1.75. The fraction of sp³-hybridized carbons (Fsp3) is 0.667. The van der Waals surface area contributed by atoms with E-state index < -0.39 is 18.0 Å². The standard InChI is InChI=1S/C4H11NO2.2C2H5NO.2C2H4O2/c1-7-3-4(6)2-5;4*1-2(3)4/h4,6H,2-3,5H2,1H3;2*1H3,(H2,3,4);2*1H3,(H,3,4). The summed E-state index contributed by atoms with van der Waals surface area (Å²) in [6.45, 7) is 5.38. The summed E-state index contributed by atoms with van der Waals surface area (Å²) in [5.41, 5.74) is 14.0. The molecule has 1 unspecified atom stereocenters. The number of aliphatic hydroxyl groups excluding tert-OH is 1. The predicted octanol–water partition coefficient (Wildman–Crippen LogP) is -1.88. The van der Waals surface area contributed by atoms with E-state index in [1.807, 2.05) is 0 Å². The molecular weight excluding hydrogens is 314 g/mol. The number of amides is 2. The number of ether oxygens (including phenoxy) is 1. The Bertz CT molecular complexity index is 247. The number of hydrogen-bond acceptors (Lipinski definition) is 7. The second-order valence-corrected chi connectivity index (χ2v) is 3.60. The van der Waals surface area contributed by atoms with Crippen molar-refractivity contribution in [2.45, 2.75) is 33.8 Å². The summed E-state index contributed by atoms with van der Waals surface area (Å²) < 4.78 is 4.56. The number of carbonyl (C=O) groups is 4. The van der Waals surface area contributed by atoms with E-state index in [2.05, 4.69) is 16.2 Å². The molecule has 0 saturated carbocycles. The van der Waals surface area contributed by atoms with Gasteiger partial charge in [0.15, 0.2) is 0 Å². The Balaban J connectivity index is -0.0000000604. The highest BCUT2D eigenvalue weighted by Gasteiger charge is 1.95. The van der Waals surface area contributed by atoms with Gasteiger partial charge >= 0.3 is 0 Å². The molecule has 140 valence electrons. The third kappa shape index (κ3) is 818. The number of nitrogens with two attached hydrogens (primary N) is 3. The molecule has 11 nitrogen and oxygen atoms in total. The molecule has 0 aliphatic rings. The van der Waals surface area contributed by atoms with E-state index in [-0.39, 0.29) is 18.4 Å². The zero-order valence-electron chi connectivity index (χ0n) is 14.1. The molecular formula is C12H29N3O8. The van der Waals surface area contributed by atoms with E-state index in [4.69, 9.17) is 30.6 Å². The number of carboxylic acid groups (broad SMARTS) is 2. The van der Waals surface area contributed by atoms with Crippen LogP contribution in [0, 0.1) is 0 Å². The minimum atomic E-state index is -0.833. The van der Waals surface area contributed by atoms with Crippen LogP contribution in [0.4, 0.5) is 0 Å². The molecule has 23 heavy (non-hydrogen) atoms. The smallest absolute Gasteiger partial charge is 0.300 e. The third-order valence-electron chi connectivity index (χ3n) is 0.631. The maximum absolute atomic E-state index is 9.22. The Morgan fingerprint density at radius 2 is 1.09 bits per heavy atom. The van der Waals surface area contributed by atoms with Gasteiger partial charge in [0.05, 0.1) is 12.7 Å². The molecule has 0 fully saturated rings. The van der Waals surface area contributed by atoms with E-state index in [9.17, 15) is 9.59 Å². The number of rotatable bonds is 3. The largest absolute Gasteiger partial charge is 0.481 e. The zero-order valence-corrected chi connectivity index (χ0v) is 14.1. The zero-order chi connectivity index (χ0) is 20.0. The van der Waals surface area contributed by atoms with Crippen LogP contribution in [-0.2, 0) is 23.9 Å². The molecule has 0 aliphatic heterocycles. The Kier molecular flexibility index (Phi) is 39.7. The van der Waals surface area contributed by atoms with Crippen LogP contribution in [-0.4, -0.2) is 65.4 Å². The van der Waals surface area contributed by atoms with Crippen LogP contribution in [0.15, 0.2) is 0 Å². The third-order valence-corrected chi connectivity index (χ3v) is 0.631. The van der Waals surface area contributed by atoms with Gasteiger partial charge in [0.1, 0.15) is 0 Å². The minimum absolute atomic E-state index is 0.272. The highest BCUT2D eigenvalue weighted by atomic mass is 16.5. The number of aliphatic carboxylic acids is 2. The van der Waals surface area contributed by atoms with Gasteiger partial charge in [-0.25, -0.2) is 0 Å². The van der Waals surface area contributed by atoms with E-state index in [1.54, 1.807) is 0 Å². The van der Waals surface area contributed by atoms with Crippen molar-refractivity contribution in [3.8, 4) is 0 Å². The molecule has 0 spiro atoms. The lowest BCUT2D eigenvalue weighted by Gasteiger charge is -2.02. The molecule has 0 saturated heterocycles. The van der Waals surface area contributed by atoms with Crippen LogP contribution in [0.3, 0.4) is 0 Å². The average Bonchev–Trinajstić information content (AvgIpc) is 2.26. The van der Waals surface area contributed by atoms with Crippen molar-refractivity contribution in [2.75, 3.05) is 20.3 Å². The minimum Gasteiger partial charge on any atom is -0.481 e.